The van der Waals surface area contributed by atoms with Gasteiger partial charge in [-0.3, -0.25) is 0 Å². The van der Waals surface area contributed by atoms with Gasteiger partial charge in [0.05, 0.1) is 5.69 Å². The van der Waals surface area contributed by atoms with E-state index in [1.165, 1.54) is 24.1 Å². The predicted octanol–water partition coefficient (Wildman–Crippen LogP) is 1.95. The molecule has 2 atom stereocenters. The summed E-state index contributed by atoms with van der Waals surface area (Å²) >= 11 is 0. The number of nitrogens with one attached hydrogen (secondary N) is 1. The number of aromatic nitrogens is 2. The first-order valence-electron chi connectivity index (χ1n) is 5.86. The number of fused-ring (bicyclic) bond motifs is 4. The van der Waals surface area contributed by atoms with Gasteiger partial charge >= 0.3 is 0 Å². The lowest BCUT2D eigenvalue weighted by atomic mass is 10.0. The van der Waals surface area contributed by atoms with Crippen LogP contribution in [-0.4, -0.2) is 16.0 Å². The van der Waals surface area contributed by atoms with Crippen LogP contribution in [0, 0.1) is 0 Å². The molecule has 0 aromatic carbocycles. The maximum absolute atomic E-state index is 4.70. The number of rotatable bonds is 1. The van der Waals surface area contributed by atoms with Gasteiger partial charge < -0.3 is 5.32 Å². The third kappa shape index (κ3) is 1.46. The second-order valence-corrected chi connectivity index (χ2v) is 4.98. The summed E-state index contributed by atoms with van der Waals surface area (Å²) in [6.45, 7) is 4.30. The monoisotopic (exact) mass is 203 g/mol. The minimum atomic E-state index is 0.433. The van der Waals surface area contributed by atoms with Crippen molar-refractivity contribution in [1.82, 2.24) is 15.3 Å². The Kier molecular flexibility index (Phi) is 2.02. The minimum absolute atomic E-state index is 0.433. The molecular formula is C12H17N3. The summed E-state index contributed by atoms with van der Waals surface area (Å²) in [5.74, 6) is 1.43. The van der Waals surface area contributed by atoms with Crippen molar-refractivity contribution in [3.8, 4) is 0 Å². The second-order valence-electron chi connectivity index (χ2n) is 4.98. The van der Waals surface area contributed by atoms with Gasteiger partial charge in [0.2, 0.25) is 0 Å². The van der Waals surface area contributed by atoms with Crippen LogP contribution in [0.3, 0.4) is 0 Å². The topological polar surface area (TPSA) is 37.8 Å². The lowest BCUT2D eigenvalue weighted by Gasteiger charge is -2.23. The average Bonchev–Trinajstić information content (AvgIpc) is 2.60. The minimum Gasteiger partial charge on any atom is -0.307 e. The van der Waals surface area contributed by atoms with E-state index < -0.39 is 0 Å². The first kappa shape index (κ1) is 9.28. The van der Waals surface area contributed by atoms with E-state index in [9.17, 15) is 0 Å². The van der Waals surface area contributed by atoms with E-state index in [2.05, 4.69) is 24.1 Å². The molecule has 0 saturated carbocycles. The Morgan fingerprint density at radius 1 is 1.40 bits per heavy atom. The van der Waals surface area contributed by atoms with Gasteiger partial charge in [-0.2, -0.15) is 0 Å². The van der Waals surface area contributed by atoms with Gasteiger partial charge in [0.15, 0.2) is 0 Å². The molecule has 1 aromatic rings. The molecule has 3 nitrogen and oxygen atoms in total. The van der Waals surface area contributed by atoms with Crippen molar-refractivity contribution >= 4 is 0 Å². The Morgan fingerprint density at radius 2 is 2.27 bits per heavy atom. The van der Waals surface area contributed by atoms with Crippen LogP contribution in [0.2, 0.25) is 0 Å². The summed E-state index contributed by atoms with van der Waals surface area (Å²) in [7, 11) is 0. The standard InChI is InChI=1S/C12H17N3/c1-7(2)12-13-6-9-10-4-3-8(14-10)5-11(9)15-12/h6-8,10,14H,3-5H2,1-2H3/t8-,10-/m1/s1. The van der Waals surface area contributed by atoms with Gasteiger partial charge in [-0.1, -0.05) is 13.8 Å². The van der Waals surface area contributed by atoms with Crippen LogP contribution >= 0.6 is 0 Å². The Bertz CT molecular complexity index is 386. The number of hydrogen-bond donors (Lipinski definition) is 1. The molecule has 2 aliphatic rings. The Morgan fingerprint density at radius 3 is 3.07 bits per heavy atom. The third-order valence-corrected chi connectivity index (χ3v) is 3.49. The van der Waals surface area contributed by atoms with E-state index >= 15 is 0 Å². The first-order valence-corrected chi connectivity index (χ1v) is 5.86. The summed E-state index contributed by atoms with van der Waals surface area (Å²) in [6.07, 6.45) is 5.67. The molecule has 3 heteroatoms. The van der Waals surface area contributed by atoms with Crippen molar-refractivity contribution in [3.05, 3.63) is 23.3 Å². The largest absolute Gasteiger partial charge is 0.307 e. The molecule has 1 N–H and O–H groups in total. The van der Waals surface area contributed by atoms with E-state index in [1.54, 1.807) is 0 Å². The molecule has 80 valence electrons. The fourth-order valence-electron chi connectivity index (χ4n) is 2.63. The van der Waals surface area contributed by atoms with Crippen molar-refractivity contribution in [2.24, 2.45) is 0 Å². The summed E-state index contributed by atoms with van der Waals surface area (Å²) < 4.78 is 0. The van der Waals surface area contributed by atoms with Crippen LogP contribution in [0.25, 0.3) is 0 Å². The quantitative estimate of drug-likeness (QED) is 0.758. The van der Waals surface area contributed by atoms with Crippen molar-refractivity contribution in [1.29, 1.82) is 0 Å². The first-order chi connectivity index (χ1) is 7.24. The molecule has 0 spiro atoms. The summed E-state index contributed by atoms with van der Waals surface area (Å²) in [5, 5.41) is 3.62. The molecule has 3 rings (SSSR count). The molecule has 0 amide bonds. The maximum atomic E-state index is 4.70. The van der Waals surface area contributed by atoms with E-state index in [0.29, 0.717) is 18.0 Å². The summed E-state index contributed by atoms with van der Waals surface area (Å²) in [6, 6.07) is 1.19. The molecule has 0 radical (unpaired) electrons. The number of hydrogen-bond acceptors (Lipinski definition) is 3. The summed E-state index contributed by atoms with van der Waals surface area (Å²) in [5.41, 5.74) is 2.63. The van der Waals surface area contributed by atoms with Gasteiger partial charge in [-0.05, 0) is 12.8 Å². The highest BCUT2D eigenvalue weighted by Crippen LogP contribution is 2.34. The highest BCUT2D eigenvalue weighted by atomic mass is 15.0. The zero-order valence-corrected chi connectivity index (χ0v) is 9.33. The van der Waals surface area contributed by atoms with Crippen molar-refractivity contribution in [3.63, 3.8) is 0 Å². The van der Waals surface area contributed by atoms with Gasteiger partial charge in [0.1, 0.15) is 5.82 Å². The SMILES string of the molecule is CC(C)c1ncc2c(n1)C[C@H]1CC[C@H]2N1. The van der Waals surface area contributed by atoms with Crippen LogP contribution in [0.15, 0.2) is 6.20 Å². The van der Waals surface area contributed by atoms with E-state index in [-0.39, 0.29) is 0 Å². The molecule has 2 bridgehead atoms. The maximum Gasteiger partial charge on any atom is 0.131 e. The Hall–Kier alpha value is -0.960. The van der Waals surface area contributed by atoms with Gasteiger partial charge in [-0.15, -0.1) is 0 Å². The van der Waals surface area contributed by atoms with Gasteiger partial charge in [0.25, 0.3) is 0 Å². The lowest BCUT2D eigenvalue weighted by Crippen LogP contribution is -2.32. The lowest BCUT2D eigenvalue weighted by molar-refractivity contribution is 0.500. The van der Waals surface area contributed by atoms with Gasteiger partial charge in [0, 0.05) is 36.2 Å². The zero-order chi connectivity index (χ0) is 10.4. The molecular weight excluding hydrogens is 186 g/mol. The smallest absolute Gasteiger partial charge is 0.131 e. The van der Waals surface area contributed by atoms with E-state index in [1.807, 2.05) is 6.20 Å². The van der Waals surface area contributed by atoms with Crippen molar-refractivity contribution in [2.45, 2.75) is 51.1 Å². The molecule has 0 unspecified atom stereocenters. The van der Waals surface area contributed by atoms with Crippen molar-refractivity contribution < 1.29 is 0 Å². The van der Waals surface area contributed by atoms with E-state index in [0.717, 1.165) is 12.2 Å². The predicted molar refractivity (Wildman–Crippen MR) is 58.7 cm³/mol. The summed E-state index contributed by atoms with van der Waals surface area (Å²) in [4.78, 5) is 9.16. The number of nitrogens with zero attached hydrogens (tertiary/aromatic N) is 2. The fourth-order valence-corrected chi connectivity index (χ4v) is 2.63. The van der Waals surface area contributed by atoms with Crippen LogP contribution in [0.4, 0.5) is 0 Å². The highest BCUT2D eigenvalue weighted by Gasteiger charge is 2.33. The molecule has 0 aliphatic carbocycles. The molecule has 1 saturated heterocycles. The molecule has 2 aliphatic heterocycles. The Balaban J connectivity index is 2.03. The van der Waals surface area contributed by atoms with Crippen LogP contribution in [-0.2, 0) is 6.42 Å². The van der Waals surface area contributed by atoms with Crippen LogP contribution in [0.1, 0.15) is 55.7 Å². The average molecular weight is 203 g/mol. The van der Waals surface area contributed by atoms with E-state index in [4.69, 9.17) is 4.98 Å². The molecule has 3 heterocycles. The third-order valence-electron chi connectivity index (χ3n) is 3.49. The zero-order valence-electron chi connectivity index (χ0n) is 9.33. The van der Waals surface area contributed by atoms with Crippen LogP contribution in [0.5, 0.6) is 0 Å². The Labute approximate surface area is 90.3 Å². The molecule has 1 fully saturated rings. The highest BCUT2D eigenvalue weighted by molar-refractivity contribution is 5.28. The normalized spacial score (nSPS) is 28.2. The van der Waals surface area contributed by atoms with Crippen LogP contribution < -0.4 is 5.32 Å². The molecule has 15 heavy (non-hydrogen) atoms. The van der Waals surface area contributed by atoms with Crippen molar-refractivity contribution in [2.75, 3.05) is 0 Å². The van der Waals surface area contributed by atoms with Gasteiger partial charge in [-0.25, -0.2) is 9.97 Å². The second kappa shape index (κ2) is 3.27. The molecule has 1 aromatic heterocycles. The fraction of sp³-hybridized carbons (Fsp3) is 0.667.